The van der Waals surface area contributed by atoms with Crippen molar-refractivity contribution in [3.05, 3.63) is 70.2 Å². The number of sulfone groups is 1. The van der Waals surface area contributed by atoms with Crippen molar-refractivity contribution in [2.75, 3.05) is 6.26 Å². The number of rotatable bonds is 4. The van der Waals surface area contributed by atoms with Crippen molar-refractivity contribution in [3.63, 3.8) is 0 Å². The number of benzene rings is 2. The summed E-state index contributed by atoms with van der Waals surface area (Å²) < 4.78 is 24.8. The second-order valence-corrected chi connectivity index (χ2v) is 7.54. The van der Waals surface area contributed by atoms with Crippen LogP contribution in [0.2, 0.25) is 0 Å². The zero-order chi connectivity index (χ0) is 14.8. The van der Waals surface area contributed by atoms with Crippen LogP contribution in [0.15, 0.2) is 59.1 Å². The second-order valence-electron chi connectivity index (χ2n) is 4.49. The fraction of sp³-hybridized carbons (Fsp3) is 0.133. The number of carbonyl (C=O) groups is 1. The lowest BCUT2D eigenvalue weighted by Gasteiger charge is -2.15. The van der Waals surface area contributed by atoms with Gasteiger partial charge in [0.1, 0.15) is 5.25 Å². The number of hydrogen-bond donors (Lipinski definition) is 0. The molecule has 0 aliphatic heterocycles. The van der Waals surface area contributed by atoms with Crippen LogP contribution in [0, 0.1) is 0 Å². The van der Waals surface area contributed by atoms with Gasteiger partial charge in [-0.1, -0.05) is 58.4 Å². The van der Waals surface area contributed by atoms with Crippen LogP contribution in [0.5, 0.6) is 0 Å². The van der Waals surface area contributed by atoms with Crippen molar-refractivity contribution < 1.29 is 13.2 Å². The molecule has 20 heavy (non-hydrogen) atoms. The molecule has 1 unspecified atom stereocenters. The van der Waals surface area contributed by atoms with Crippen molar-refractivity contribution in [3.8, 4) is 0 Å². The molecule has 0 saturated heterocycles. The Balaban J connectivity index is 2.53. The van der Waals surface area contributed by atoms with E-state index >= 15 is 0 Å². The molecule has 0 spiro atoms. The number of halogens is 1. The maximum absolute atomic E-state index is 12.5. The van der Waals surface area contributed by atoms with Gasteiger partial charge in [0.15, 0.2) is 15.6 Å². The van der Waals surface area contributed by atoms with Crippen LogP contribution in [0.1, 0.15) is 21.2 Å². The molecule has 5 heteroatoms. The highest BCUT2D eigenvalue weighted by atomic mass is 79.9. The molecule has 104 valence electrons. The van der Waals surface area contributed by atoms with Gasteiger partial charge < -0.3 is 0 Å². The number of Topliss-reactive ketones (excluding diaryl/α,β-unsaturated/α-hetero) is 1. The SMILES string of the molecule is CS(=O)(=O)C(C(=O)c1ccccc1)c1cccc(Br)c1. The van der Waals surface area contributed by atoms with Gasteiger partial charge >= 0.3 is 0 Å². The summed E-state index contributed by atoms with van der Waals surface area (Å²) in [5.41, 5.74) is 0.860. The maximum Gasteiger partial charge on any atom is 0.185 e. The highest BCUT2D eigenvalue weighted by Gasteiger charge is 2.31. The Labute approximate surface area is 126 Å². The van der Waals surface area contributed by atoms with Crippen LogP contribution in [0.3, 0.4) is 0 Å². The minimum absolute atomic E-state index is 0.392. The summed E-state index contributed by atoms with van der Waals surface area (Å²) in [4.78, 5) is 12.5. The Morgan fingerprint density at radius 1 is 1.05 bits per heavy atom. The fourth-order valence-electron chi connectivity index (χ4n) is 2.02. The average molecular weight is 353 g/mol. The minimum atomic E-state index is -3.55. The molecule has 0 aliphatic carbocycles. The monoisotopic (exact) mass is 352 g/mol. The zero-order valence-corrected chi connectivity index (χ0v) is 13.2. The zero-order valence-electron chi connectivity index (χ0n) is 10.8. The first-order valence-electron chi connectivity index (χ1n) is 5.93. The number of ketones is 1. The molecule has 0 N–H and O–H groups in total. The minimum Gasteiger partial charge on any atom is -0.292 e. The van der Waals surface area contributed by atoms with Gasteiger partial charge in [-0.3, -0.25) is 4.79 Å². The summed E-state index contributed by atoms with van der Waals surface area (Å²) >= 11 is 3.30. The topological polar surface area (TPSA) is 51.2 Å². The second kappa shape index (κ2) is 5.89. The van der Waals surface area contributed by atoms with Gasteiger partial charge in [0.2, 0.25) is 0 Å². The third-order valence-electron chi connectivity index (χ3n) is 2.88. The third kappa shape index (κ3) is 3.35. The molecular formula is C15H13BrO3S. The summed E-state index contributed by atoms with van der Waals surface area (Å²) in [6, 6.07) is 15.3. The predicted octanol–water partition coefficient (Wildman–Crippen LogP) is 3.42. The highest BCUT2D eigenvalue weighted by Crippen LogP contribution is 2.28. The predicted molar refractivity (Wildman–Crippen MR) is 82.5 cm³/mol. The van der Waals surface area contributed by atoms with E-state index in [-0.39, 0.29) is 0 Å². The van der Waals surface area contributed by atoms with E-state index in [0.717, 1.165) is 10.7 Å². The third-order valence-corrected chi connectivity index (χ3v) is 4.71. The molecule has 0 aliphatic rings. The van der Waals surface area contributed by atoms with Crippen LogP contribution in [0.4, 0.5) is 0 Å². The van der Waals surface area contributed by atoms with Crippen molar-refractivity contribution in [1.29, 1.82) is 0 Å². The normalized spacial score (nSPS) is 12.9. The first-order valence-corrected chi connectivity index (χ1v) is 8.68. The van der Waals surface area contributed by atoms with E-state index in [9.17, 15) is 13.2 Å². The van der Waals surface area contributed by atoms with E-state index in [0.29, 0.717) is 11.1 Å². The van der Waals surface area contributed by atoms with Crippen molar-refractivity contribution in [2.45, 2.75) is 5.25 Å². The highest BCUT2D eigenvalue weighted by molar-refractivity contribution is 9.10. The van der Waals surface area contributed by atoms with E-state index < -0.39 is 20.9 Å². The van der Waals surface area contributed by atoms with E-state index in [1.165, 1.54) is 0 Å². The summed E-state index contributed by atoms with van der Waals surface area (Å²) in [5, 5.41) is -1.18. The molecule has 0 amide bonds. The maximum atomic E-state index is 12.5. The van der Waals surface area contributed by atoms with Crippen LogP contribution >= 0.6 is 15.9 Å². The van der Waals surface area contributed by atoms with Gasteiger partial charge in [0.05, 0.1) is 0 Å². The van der Waals surface area contributed by atoms with Crippen LogP contribution < -0.4 is 0 Å². The standard InChI is InChI=1S/C15H13BrO3S/c1-20(18,19)15(12-8-5-9-13(16)10-12)14(17)11-6-3-2-4-7-11/h2-10,15H,1H3. The lowest BCUT2D eigenvalue weighted by atomic mass is 10.0. The number of hydrogen-bond acceptors (Lipinski definition) is 3. The molecule has 3 nitrogen and oxygen atoms in total. The molecule has 0 radical (unpaired) electrons. The Kier molecular flexibility index (Phi) is 4.40. The van der Waals surface area contributed by atoms with E-state index in [4.69, 9.17) is 0 Å². The van der Waals surface area contributed by atoms with Gasteiger partial charge in [-0.15, -0.1) is 0 Å². The Bertz CT molecular complexity index is 724. The molecule has 0 fully saturated rings. The molecule has 0 aromatic heterocycles. The summed E-state index contributed by atoms with van der Waals surface area (Å²) in [6.45, 7) is 0. The van der Waals surface area contributed by atoms with Crippen LogP contribution in [-0.2, 0) is 9.84 Å². The smallest absolute Gasteiger partial charge is 0.185 e. The lowest BCUT2D eigenvalue weighted by Crippen LogP contribution is -2.21. The van der Waals surface area contributed by atoms with Crippen LogP contribution in [-0.4, -0.2) is 20.5 Å². The summed E-state index contributed by atoms with van der Waals surface area (Å²) in [7, 11) is -3.55. The molecule has 2 rings (SSSR count). The van der Waals surface area contributed by atoms with Gasteiger partial charge in [-0.25, -0.2) is 8.42 Å². The van der Waals surface area contributed by atoms with Crippen molar-refractivity contribution in [1.82, 2.24) is 0 Å². The lowest BCUT2D eigenvalue weighted by molar-refractivity contribution is 0.0987. The molecule has 0 bridgehead atoms. The van der Waals surface area contributed by atoms with Crippen LogP contribution in [0.25, 0.3) is 0 Å². The first kappa shape index (κ1) is 14.9. The van der Waals surface area contributed by atoms with E-state index in [1.807, 2.05) is 0 Å². The first-order chi connectivity index (χ1) is 9.39. The Hall–Kier alpha value is -1.46. The fourth-order valence-corrected chi connectivity index (χ4v) is 3.60. The molecule has 2 aromatic rings. The van der Waals surface area contributed by atoms with Gasteiger partial charge in [0, 0.05) is 16.3 Å². The molecular weight excluding hydrogens is 340 g/mol. The molecule has 0 heterocycles. The summed E-state index contributed by atoms with van der Waals surface area (Å²) in [5.74, 6) is -0.411. The Morgan fingerprint density at radius 2 is 1.70 bits per heavy atom. The average Bonchev–Trinajstić information content (AvgIpc) is 2.38. The quantitative estimate of drug-likeness (QED) is 0.792. The van der Waals surface area contributed by atoms with Crippen molar-refractivity contribution >= 4 is 31.6 Å². The molecule has 2 aromatic carbocycles. The van der Waals surface area contributed by atoms with Crippen molar-refractivity contribution in [2.24, 2.45) is 0 Å². The molecule has 1 atom stereocenters. The van der Waals surface area contributed by atoms with E-state index in [2.05, 4.69) is 15.9 Å². The number of carbonyl (C=O) groups excluding carboxylic acids is 1. The molecule has 0 saturated carbocycles. The van der Waals surface area contributed by atoms with Gasteiger partial charge in [-0.05, 0) is 17.7 Å². The van der Waals surface area contributed by atoms with E-state index in [1.54, 1.807) is 54.6 Å². The largest absolute Gasteiger partial charge is 0.292 e. The summed E-state index contributed by atoms with van der Waals surface area (Å²) in [6.07, 6.45) is 1.08. The Morgan fingerprint density at radius 3 is 2.25 bits per heavy atom. The van der Waals surface area contributed by atoms with Gasteiger partial charge in [-0.2, -0.15) is 0 Å². The van der Waals surface area contributed by atoms with Gasteiger partial charge in [0.25, 0.3) is 0 Å².